The SMILES string of the molecule is Nc1nc2nc([C@@H]3CCNC3)ccc2s1. The Labute approximate surface area is 91.5 Å². The predicted molar refractivity (Wildman–Crippen MR) is 62.1 cm³/mol. The van der Waals surface area contributed by atoms with Crippen molar-refractivity contribution in [1.29, 1.82) is 0 Å². The van der Waals surface area contributed by atoms with E-state index >= 15 is 0 Å². The number of hydrogen-bond donors (Lipinski definition) is 2. The first-order valence-corrected chi connectivity index (χ1v) is 5.88. The Bertz CT molecular complexity index is 487. The summed E-state index contributed by atoms with van der Waals surface area (Å²) in [7, 11) is 0. The molecule has 78 valence electrons. The molecule has 0 saturated carbocycles. The molecule has 0 unspecified atom stereocenters. The first-order valence-electron chi connectivity index (χ1n) is 5.06. The number of nitrogen functional groups attached to an aromatic ring is 1. The normalized spacial score (nSPS) is 21.2. The van der Waals surface area contributed by atoms with Crippen molar-refractivity contribution >= 4 is 26.8 Å². The molecule has 1 aliphatic rings. The predicted octanol–water partition coefficient (Wildman–Crippen LogP) is 1.35. The highest BCUT2D eigenvalue weighted by molar-refractivity contribution is 7.21. The van der Waals surface area contributed by atoms with Crippen LogP contribution in [0.4, 0.5) is 5.13 Å². The van der Waals surface area contributed by atoms with Gasteiger partial charge in [-0.2, -0.15) is 0 Å². The quantitative estimate of drug-likeness (QED) is 0.761. The van der Waals surface area contributed by atoms with Crippen LogP contribution in [0, 0.1) is 0 Å². The Morgan fingerprint density at radius 3 is 3.13 bits per heavy atom. The van der Waals surface area contributed by atoms with Crippen LogP contribution in [-0.2, 0) is 0 Å². The Balaban J connectivity index is 2.04. The zero-order valence-electron chi connectivity index (χ0n) is 8.23. The molecule has 2 aromatic rings. The van der Waals surface area contributed by atoms with Gasteiger partial charge in [-0.1, -0.05) is 11.3 Å². The fourth-order valence-electron chi connectivity index (χ4n) is 1.98. The molecule has 5 heteroatoms. The van der Waals surface area contributed by atoms with Crippen molar-refractivity contribution in [2.75, 3.05) is 18.8 Å². The van der Waals surface area contributed by atoms with Crippen LogP contribution in [0.5, 0.6) is 0 Å². The average Bonchev–Trinajstić information content (AvgIpc) is 2.82. The molecule has 0 bridgehead atoms. The molecule has 1 saturated heterocycles. The molecular weight excluding hydrogens is 208 g/mol. The number of pyridine rings is 1. The number of thiazole rings is 1. The van der Waals surface area contributed by atoms with Crippen LogP contribution in [-0.4, -0.2) is 23.1 Å². The van der Waals surface area contributed by atoms with Crippen molar-refractivity contribution in [2.24, 2.45) is 0 Å². The van der Waals surface area contributed by atoms with Gasteiger partial charge in [0, 0.05) is 18.2 Å². The fraction of sp³-hybridized carbons (Fsp3) is 0.400. The van der Waals surface area contributed by atoms with Gasteiger partial charge < -0.3 is 11.1 Å². The van der Waals surface area contributed by atoms with Gasteiger partial charge in [0.05, 0.1) is 4.70 Å². The second-order valence-corrected chi connectivity index (χ2v) is 4.86. The van der Waals surface area contributed by atoms with Crippen molar-refractivity contribution in [3.63, 3.8) is 0 Å². The number of nitrogens with one attached hydrogen (secondary N) is 1. The summed E-state index contributed by atoms with van der Waals surface area (Å²) in [5, 5.41) is 3.94. The van der Waals surface area contributed by atoms with Gasteiger partial charge >= 0.3 is 0 Å². The summed E-state index contributed by atoms with van der Waals surface area (Å²) in [6, 6.07) is 4.17. The van der Waals surface area contributed by atoms with Crippen LogP contribution < -0.4 is 11.1 Å². The minimum atomic E-state index is 0.539. The fourth-order valence-corrected chi connectivity index (χ4v) is 2.66. The van der Waals surface area contributed by atoms with Gasteiger partial charge in [0.15, 0.2) is 10.8 Å². The molecule has 1 aliphatic heterocycles. The molecule has 1 fully saturated rings. The van der Waals surface area contributed by atoms with Crippen LogP contribution in [0.3, 0.4) is 0 Å². The maximum atomic E-state index is 5.65. The van der Waals surface area contributed by atoms with Crippen LogP contribution in [0.15, 0.2) is 12.1 Å². The molecule has 0 aromatic carbocycles. The molecule has 3 N–H and O–H groups in total. The van der Waals surface area contributed by atoms with E-state index in [0.717, 1.165) is 35.6 Å². The van der Waals surface area contributed by atoms with E-state index in [1.54, 1.807) is 0 Å². The van der Waals surface area contributed by atoms with Crippen LogP contribution in [0.2, 0.25) is 0 Å². The molecule has 3 rings (SSSR count). The number of nitrogens with two attached hydrogens (primary N) is 1. The van der Waals surface area contributed by atoms with E-state index in [1.165, 1.54) is 11.3 Å². The zero-order valence-corrected chi connectivity index (χ0v) is 9.05. The topological polar surface area (TPSA) is 63.8 Å². The van der Waals surface area contributed by atoms with Gasteiger partial charge in [0.1, 0.15) is 0 Å². The standard InChI is InChI=1S/C10H12N4S/c11-10-14-9-8(15-10)2-1-7(13-9)6-3-4-12-5-6/h1-2,6,12H,3-5H2,(H2,11,13,14)/t6-/m1/s1. The van der Waals surface area contributed by atoms with Gasteiger partial charge in [-0.3, -0.25) is 0 Å². The van der Waals surface area contributed by atoms with Gasteiger partial charge in [0.25, 0.3) is 0 Å². The Kier molecular flexibility index (Phi) is 2.07. The van der Waals surface area contributed by atoms with Gasteiger partial charge in [-0.25, -0.2) is 9.97 Å². The Morgan fingerprint density at radius 1 is 1.40 bits per heavy atom. The first-order chi connectivity index (χ1) is 7.33. The summed E-state index contributed by atoms with van der Waals surface area (Å²) in [5.74, 6) is 0.539. The van der Waals surface area contributed by atoms with E-state index in [9.17, 15) is 0 Å². The van der Waals surface area contributed by atoms with Crippen molar-refractivity contribution in [1.82, 2.24) is 15.3 Å². The summed E-state index contributed by atoms with van der Waals surface area (Å²) in [4.78, 5) is 8.77. The lowest BCUT2D eigenvalue weighted by molar-refractivity contribution is 0.738. The van der Waals surface area contributed by atoms with E-state index in [0.29, 0.717) is 11.0 Å². The summed E-state index contributed by atoms with van der Waals surface area (Å²) < 4.78 is 1.07. The lowest BCUT2D eigenvalue weighted by Crippen LogP contribution is -2.08. The van der Waals surface area contributed by atoms with E-state index in [1.807, 2.05) is 0 Å². The number of nitrogens with zero attached hydrogens (tertiary/aromatic N) is 2. The minimum Gasteiger partial charge on any atom is -0.375 e. The first kappa shape index (κ1) is 9.06. The third-order valence-corrected chi connectivity index (χ3v) is 3.61. The van der Waals surface area contributed by atoms with E-state index < -0.39 is 0 Å². The number of fused-ring (bicyclic) bond motifs is 1. The third kappa shape index (κ3) is 1.57. The third-order valence-electron chi connectivity index (χ3n) is 2.77. The smallest absolute Gasteiger partial charge is 0.182 e. The summed E-state index contributed by atoms with van der Waals surface area (Å²) >= 11 is 1.49. The summed E-state index contributed by atoms with van der Waals surface area (Å²) in [6.45, 7) is 2.11. The van der Waals surface area contributed by atoms with Crippen LogP contribution >= 0.6 is 11.3 Å². The zero-order chi connectivity index (χ0) is 10.3. The Hall–Kier alpha value is -1.20. The molecule has 4 nitrogen and oxygen atoms in total. The van der Waals surface area contributed by atoms with Crippen molar-refractivity contribution in [2.45, 2.75) is 12.3 Å². The van der Waals surface area contributed by atoms with Gasteiger partial charge in [-0.15, -0.1) is 0 Å². The molecular formula is C10H12N4S. The number of hydrogen-bond acceptors (Lipinski definition) is 5. The largest absolute Gasteiger partial charge is 0.375 e. The van der Waals surface area contributed by atoms with E-state index in [-0.39, 0.29) is 0 Å². The second kappa shape index (κ2) is 3.43. The van der Waals surface area contributed by atoms with E-state index in [4.69, 9.17) is 5.73 Å². The number of aromatic nitrogens is 2. The maximum Gasteiger partial charge on any atom is 0.182 e. The molecule has 0 amide bonds. The van der Waals surface area contributed by atoms with Crippen LogP contribution in [0.25, 0.3) is 10.3 Å². The number of anilines is 1. The number of rotatable bonds is 1. The second-order valence-electron chi connectivity index (χ2n) is 3.80. The van der Waals surface area contributed by atoms with Crippen molar-refractivity contribution in [3.8, 4) is 0 Å². The maximum absolute atomic E-state index is 5.65. The molecule has 15 heavy (non-hydrogen) atoms. The monoisotopic (exact) mass is 220 g/mol. The highest BCUT2D eigenvalue weighted by atomic mass is 32.1. The van der Waals surface area contributed by atoms with Gasteiger partial charge in [0.2, 0.25) is 0 Å². The van der Waals surface area contributed by atoms with Crippen LogP contribution in [0.1, 0.15) is 18.0 Å². The summed E-state index contributed by atoms with van der Waals surface area (Å²) in [5.41, 5.74) is 7.58. The lowest BCUT2D eigenvalue weighted by atomic mass is 10.0. The average molecular weight is 220 g/mol. The van der Waals surface area contributed by atoms with Crippen molar-refractivity contribution in [3.05, 3.63) is 17.8 Å². The molecule has 3 heterocycles. The molecule has 0 aliphatic carbocycles. The molecule has 0 radical (unpaired) electrons. The highest BCUT2D eigenvalue weighted by Gasteiger charge is 2.18. The summed E-state index contributed by atoms with van der Waals surface area (Å²) in [6.07, 6.45) is 1.16. The van der Waals surface area contributed by atoms with Gasteiger partial charge in [-0.05, 0) is 25.1 Å². The molecule has 1 atom stereocenters. The molecule has 0 spiro atoms. The molecule has 2 aromatic heterocycles. The van der Waals surface area contributed by atoms with E-state index in [2.05, 4.69) is 27.4 Å². The lowest BCUT2D eigenvalue weighted by Gasteiger charge is -2.06. The Morgan fingerprint density at radius 2 is 2.33 bits per heavy atom. The highest BCUT2D eigenvalue weighted by Crippen LogP contribution is 2.26. The minimum absolute atomic E-state index is 0.539. The van der Waals surface area contributed by atoms with Crippen molar-refractivity contribution < 1.29 is 0 Å².